The molecule has 1 aliphatic heterocycles. The average molecular weight is 377 g/mol. The van der Waals surface area contributed by atoms with Crippen molar-refractivity contribution in [2.45, 2.75) is 18.9 Å². The molecule has 138 valence electrons. The number of hydrogen-bond acceptors (Lipinski definition) is 4. The van der Waals surface area contributed by atoms with Crippen LogP contribution >= 0.6 is 11.6 Å². The zero-order chi connectivity index (χ0) is 18.5. The van der Waals surface area contributed by atoms with Gasteiger partial charge in [-0.2, -0.15) is 0 Å². The summed E-state index contributed by atoms with van der Waals surface area (Å²) in [6.45, 7) is 1.36. The number of likely N-dealkylation sites (tertiary alicyclic amines) is 1. The Balaban J connectivity index is 1.53. The van der Waals surface area contributed by atoms with Gasteiger partial charge in [0.2, 0.25) is 5.91 Å². The second-order valence-corrected chi connectivity index (χ2v) is 6.63. The number of amides is 2. The molecule has 1 aromatic carbocycles. The summed E-state index contributed by atoms with van der Waals surface area (Å²) in [5.74, 6) is 0.642. The maximum atomic E-state index is 12.7. The van der Waals surface area contributed by atoms with E-state index < -0.39 is 6.04 Å². The summed E-state index contributed by atoms with van der Waals surface area (Å²) in [6, 6.07) is 9.90. The van der Waals surface area contributed by atoms with Gasteiger partial charge in [0, 0.05) is 18.6 Å². The first kappa shape index (κ1) is 18.3. The van der Waals surface area contributed by atoms with Crippen molar-refractivity contribution in [3.05, 3.63) is 53.4 Å². The van der Waals surface area contributed by atoms with Gasteiger partial charge in [0.1, 0.15) is 18.4 Å². The molecule has 3 rings (SSSR count). The van der Waals surface area contributed by atoms with Crippen molar-refractivity contribution in [2.75, 3.05) is 26.7 Å². The molecule has 2 aromatic rings. The molecular formula is C19H21ClN2O4. The van der Waals surface area contributed by atoms with Gasteiger partial charge in [-0.05, 0) is 49.2 Å². The lowest BCUT2D eigenvalue weighted by Gasteiger charge is -2.27. The first-order valence-electron chi connectivity index (χ1n) is 8.54. The lowest BCUT2D eigenvalue weighted by atomic mass is 10.2. The summed E-state index contributed by atoms with van der Waals surface area (Å²) in [4.78, 5) is 28.4. The van der Waals surface area contributed by atoms with Crippen molar-refractivity contribution >= 4 is 23.4 Å². The highest BCUT2D eigenvalue weighted by molar-refractivity contribution is 6.30. The van der Waals surface area contributed by atoms with Crippen molar-refractivity contribution in [1.82, 2.24) is 9.80 Å². The summed E-state index contributed by atoms with van der Waals surface area (Å²) in [7, 11) is 1.72. The van der Waals surface area contributed by atoms with Crippen LogP contribution in [0.25, 0.3) is 0 Å². The summed E-state index contributed by atoms with van der Waals surface area (Å²) < 4.78 is 10.8. The summed E-state index contributed by atoms with van der Waals surface area (Å²) >= 11 is 5.84. The van der Waals surface area contributed by atoms with E-state index in [1.165, 1.54) is 6.26 Å². The topological polar surface area (TPSA) is 63.0 Å². The third-order valence-corrected chi connectivity index (χ3v) is 4.67. The van der Waals surface area contributed by atoms with Gasteiger partial charge in [-0.3, -0.25) is 9.59 Å². The molecule has 2 amide bonds. The fourth-order valence-corrected chi connectivity index (χ4v) is 3.13. The Morgan fingerprint density at radius 2 is 2.08 bits per heavy atom. The summed E-state index contributed by atoms with van der Waals surface area (Å²) in [5.41, 5.74) is 0. The largest absolute Gasteiger partial charge is 0.492 e. The number of carbonyl (C=O) groups excluding carboxylic acids is 2. The van der Waals surface area contributed by atoms with Crippen LogP contribution in [0.2, 0.25) is 5.02 Å². The Bertz CT molecular complexity index is 745. The molecule has 7 heteroatoms. The van der Waals surface area contributed by atoms with E-state index in [0.29, 0.717) is 36.9 Å². The third-order valence-electron chi connectivity index (χ3n) is 4.42. The molecule has 1 atom stereocenters. The second kappa shape index (κ2) is 8.27. The molecule has 1 saturated heterocycles. The zero-order valence-corrected chi connectivity index (χ0v) is 15.3. The van der Waals surface area contributed by atoms with E-state index in [1.54, 1.807) is 53.2 Å². The van der Waals surface area contributed by atoms with Gasteiger partial charge in [0.05, 0.1) is 12.8 Å². The first-order valence-corrected chi connectivity index (χ1v) is 8.92. The lowest BCUT2D eigenvalue weighted by molar-refractivity contribution is -0.134. The number of benzene rings is 1. The number of ether oxygens (including phenoxy) is 1. The van der Waals surface area contributed by atoms with E-state index in [1.807, 2.05) is 0 Å². The van der Waals surface area contributed by atoms with Crippen molar-refractivity contribution in [1.29, 1.82) is 0 Å². The average Bonchev–Trinajstić information content (AvgIpc) is 3.34. The van der Waals surface area contributed by atoms with Crippen molar-refractivity contribution in [2.24, 2.45) is 0 Å². The Labute approximate surface area is 157 Å². The molecule has 1 aliphatic rings. The van der Waals surface area contributed by atoms with Crippen molar-refractivity contribution in [3.8, 4) is 5.75 Å². The molecule has 0 bridgehead atoms. The highest BCUT2D eigenvalue weighted by Crippen LogP contribution is 2.22. The second-order valence-electron chi connectivity index (χ2n) is 6.20. The van der Waals surface area contributed by atoms with Gasteiger partial charge < -0.3 is 19.0 Å². The maximum absolute atomic E-state index is 12.7. The van der Waals surface area contributed by atoms with Gasteiger partial charge in [-0.25, -0.2) is 0 Å². The summed E-state index contributed by atoms with van der Waals surface area (Å²) in [6.07, 6.45) is 2.92. The summed E-state index contributed by atoms with van der Waals surface area (Å²) in [5, 5.41) is 0.646. The minimum Gasteiger partial charge on any atom is -0.492 e. The van der Waals surface area contributed by atoms with Crippen molar-refractivity contribution < 1.29 is 18.7 Å². The van der Waals surface area contributed by atoms with Crippen LogP contribution in [0.15, 0.2) is 47.1 Å². The predicted octanol–water partition coefficient (Wildman–Crippen LogP) is 3.08. The van der Waals surface area contributed by atoms with Crippen LogP contribution in [-0.2, 0) is 4.79 Å². The van der Waals surface area contributed by atoms with E-state index in [0.717, 1.165) is 6.42 Å². The van der Waals surface area contributed by atoms with Crippen LogP contribution in [-0.4, -0.2) is 54.4 Å². The normalized spacial score (nSPS) is 16.5. The smallest absolute Gasteiger partial charge is 0.290 e. The van der Waals surface area contributed by atoms with Crippen LogP contribution < -0.4 is 4.74 Å². The fourth-order valence-electron chi connectivity index (χ4n) is 3.00. The van der Waals surface area contributed by atoms with Gasteiger partial charge in [-0.1, -0.05) is 11.6 Å². The molecule has 0 saturated carbocycles. The number of carbonyl (C=O) groups is 2. The van der Waals surface area contributed by atoms with Crippen LogP contribution in [0.3, 0.4) is 0 Å². The molecular weight excluding hydrogens is 356 g/mol. The number of hydrogen-bond donors (Lipinski definition) is 0. The van der Waals surface area contributed by atoms with E-state index in [-0.39, 0.29) is 17.6 Å². The van der Waals surface area contributed by atoms with Gasteiger partial charge >= 0.3 is 0 Å². The quantitative estimate of drug-likeness (QED) is 0.777. The van der Waals surface area contributed by atoms with E-state index in [9.17, 15) is 9.59 Å². The highest BCUT2D eigenvalue weighted by atomic mass is 35.5. The minimum atomic E-state index is -0.451. The zero-order valence-electron chi connectivity index (χ0n) is 14.6. The van der Waals surface area contributed by atoms with Crippen molar-refractivity contribution in [3.63, 3.8) is 0 Å². The molecule has 0 radical (unpaired) electrons. The maximum Gasteiger partial charge on any atom is 0.290 e. The van der Waals surface area contributed by atoms with Crippen LogP contribution in [0.4, 0.5) is 0 Å². The Morgan fingerprint density at radius 3 is 2.77 bits per heavy atom. The molecule has 1 unspecified atom stereocenters. The SMILES string of the molecule is CN(CCOc1ccc(Cl)cc1)C(=O)C1CCCN1C(=O)c1ccco1. The number of rotatable bonds is 6. The lowest BCUT2D eigenvalue weighted by Crippen LogP contribution is -2.47. The van der Waals surface area contributed by atoms with E-state index >= 15 is 0 Å². The van der Waals surface area contributed by atoms with Crippen LogP contribution in [0, 0.1) is 0 Å². The Kier molecular flexibility index (Phi) is 5.83. The molecule has 0 spiro atoms. The third kappa shape index (κ3) is 4.19. The van der Waals surface area contributed by atoms with Gasteiger partial charge in [0.15, 0.2) is 5.76 Å². The Hall–Kier alpha value is -2.47. The van der Waals surface area contributed by atoms with E-state index in [2.05, 4.69) is 0 Å². The van der Waals surface area contributed by atoms with Gasteiger partial charge in [0.25, 0.3) is 5.91 Å². The highest BCUT2D eigenvalue weighted by Gasteiger charge is 2.36. The molecule has 2 heterocycles. The predicted molar refractivity (Wildman–Crippen MR) is 97.4 cm³/mol. The number of furan rings is 1. The van der Waals surface area contributed by atoms with Crippen LogP contribution in [0.1, 0.15) is 23.4 Å². The number of halogens is 1. The minimum absolute atomic E-state index is 0.0814. The molecule has 1 aromatic heterocycles. The van der Waals surface area contributed by atoms with E-state index in [4.69, 9.17) is 20.8 Å². The molecule has 1 fully saturated rings. The standard InChI is InChI=1S/C19H21ClN2O4/c1-21(11-13-25-15-8-6-14(20)7-9-15)18(23)16-4-2-10-22(16)19(24)17-5-3-12-26-17/h3,5-9,12,16H,2,4,10-11,13H2,1H3. The number of likely N-dealkylation sites (N-methyl/N-ethyl adjacent to an activating group) is 1. The van der Waals surface area contributed by atoms with Gasteiger partial charge in [-0.15, -0.1) is 0 Å². The first-order chi connectivity index (χ1) is 12.6. The monoisotopic (exact) mass is 376 g/mol. The van der Waals surface area contributed by atoms with Crippen LogP contribution in [0.5, 0.6) is 5.75 Å². The number of nitrogens with zero attached hydrogens (tertiary/aromatic N) is 2. The fraction of sp³-hybridized carbons (Fsp3) is 0.368. The Morgan fingerprint density at radius 1 is 1.31 bits per heavy atom. The molecule has 6 nitrogen and oxygen atoms in total. The molecule has 0 N–H and O–H groups in total. The molecule has 26 heavy (non-hydrogen) atoms. The molecule has 0 aliphatic carbocycles.